The van der Waals surface area contributed by atoms with Gasteiger partial charge in [0.1, 0.15) is 18.0 Å². The summed E-state index contributed by atoms with van der Waals surface area (Å²) in [5.41, 5.74) is 11.8. The lowest BCUT2D eigenvalue weighted by Gasteiger charge is -1.99. The van der Waals surface area contributed by atoms with Crippen LogP contribution in [0.3, 0.4) is 0 Å². The van der Waals surface area contributed by atoms with Crippen molar-refractivity contribution < 1.29 is 0 Å². The Bertz CT molecular complexity index is 425. The first kappa shape index (κ1) is 6.78. The van der Waals surface area contributed by atoms with E-state index < -0.39 is 0 Å². The Morgan fingerprint density at radius 2 is 1.92 bits per heavy atom. The fourth-order valence-electron chi connectivity index (χ4n) is 0.995. The van der Waals surface area contributed by atoms with E-state index in [0.29, 0.717) is 17.2 Å². The Balaban J connectivity index is 2.88. The van der Waals surface area contributed by atoms with Gasteiger partial charge in [-0.1, -0.05) is 0 Å². The standard InChI is InChI=1S/C7H7N5/c8-6-1-4-5(2-10-6)11-3-12-7(4)9/h1-3H,(H2,8,10)(H2,9,11,12). The van der Waals surface area contributed by atoms with Crippen LogP contribution in [0.25, 0.3) is 10.9 Å². The van der Waals surface area contributed by atoms with E-state index in [0.717, 1.165) is 5.39 Å². The molecule has 0 aromatic carbocycles. The predicted octanol–water partition coefficient (Wildman–Crippen LogP) is 0.189. The van der Waals surface area contributed by atoms with Crippen molar-refractivity contribution in [3.63, 3.8) is 0 Å². The van der Waals surface area contributed by atoms with E-state index >= 15 is 0 Å². The maximum Gasteiger partial charge on any atom is 0.134 e. The summed E-state index contributed by atoms with van der Waals surface area (Å²) in [6.45, 7) is 0. The van der Waals surface area contributed by atoms with Crippen LogP contribution in [-0.2, 0) is 0 Å². The zero-order chi connectivity index (χ0) is 8.55. The average Bonchev–Trinajstić information content (AvgIpc) is 2.07. The van der Waals surface area contributed by atoms with Crippen molar-refractivity contribution in [2.45, 2.75) is 0 Å². The van der Waals surface area contributed by atoms with Crippen LogP contribution in [0, 0.1) is 0 Å². The number of aromatic nitrogens is 3. The van der Waals surface area contributed by atoms with Gasteiger partial charge in [-0.05, 0) is 6.07 Å². The molecule has 0 aliphatic carbocycles. The molecule has 2 aromatic rings. The number of hydrogen-bond acceptors (Lipinski definition) is 5. The molecule has 0 atom stereocenters. The fourth-order valence-corrected chi connectivity index (χ4v) is 0.995. The Labute approximate surface area is 68.5 Å². The van der Waals surface area contributed by atoms with E-state index in [1.165, 1.54) is 6.33 Å². The molecule has 0 unspecified atom stereocenters. The van der Waals surface area contributed by atoms with Crippen LogP contribution in [0.5, 0.6) is 0 Å². The van der Waals surface area contributed by atoms with E-state index in [2.05, 4.69) is 15.0 Å². The first-order valence-corrected chi connectivity index (χ1v) is 3.39. The lowest BCUT2D eigenvalue weighted by molar-refractivity contribution is 1.21. The fraction of sp³-hybridized carbons (Fsp3) is 0. The summed E-state index contributed by atoms with van der Waals surface area (Å²) in [5, 5.41) is 0.741. The summed E-state index contributed by atoms with van der Waals surface area (Å²) in [6.07, 6.45) is 2.97. The van der Waals surface area contributed by atoms with Crippen molar-refractivity contribution in [3.05, 3.63) is 18.6 Å². The maximum atomic E-state index is 5.59. The smallest absolute Gasteiger partial charge is 0.134 e. The molecule has 2 aromatic heterocycles. The number of nitrogens with two attached hydrogens (primary N) is 2. The highest BCUT2D eigenvalue weighted by molar-refractivity contribution is 5.88. The van der Waals surface area contributed by atoms with Crippen molar-refractivity contribution in [1.29, 1.82) is 0 Å². The average molecular weight is 161 g/mol. The first-order chi connectivity index (χ1) is 5.77. The van der Waals surface area contributed by atoms with Gasteiger partial charge in [0.25, 0.3) is 0 Å². The molecule has 0 bridgehead atoms. The second-order valence-corrected chi connectivity index (χ2v) is 2.39. The van der Waals surface area contributed by atoms with Crippen molar-refractivity contribution in [2.75, 3.05) is 11.5 Å². The summed E-state index contributed by atoms with van der Waals surface area (Å²) in [7, 11) is 0. The molecule has 0 amide bonds. The quantitative estimate of drug-likeness (QED) is 0.575. The van der Waals surface area contributed by atoms with Crippen LogP contribution in [0.1, 0.15) is 0 Å². The van der Waals surface area contributed by atoms with Crippen LogP contribution in [0.4, 0.5) is 11.6 Å². The Morgan fingerprint density at radius 3 is 2.75 bits per heavy atom. The Morgan fingerprint density at radius 1 is 1.08 bits per heavy atom. The van der Waals surface area contributed by atoms with Gasteiger partial charge in [0.15, 0.2) is 0 Å². The van der Waals surface area contributed by atoms with Crippen LogP contribution in [-0.4, -0.2) is 15.0 Å². The third-order valence-corrected chi connectivity index (χ3v) is 1.57. The summed E-state index contributed by atoms with van der Waals surface area (Å²) < 4.78 is 0. The van der Waals surface area contributed by atoms with Crippen LogP contribution in [0.15, 0.2) is 18.6 Å². The molecular formula is C7H7N5. The van der Waals surface area contributed by atoms with Crippen LogP contribution in [0.2, 0.25) is 0 Å². The van der Waals surface area contributed by atoms with Crippen LogP contribution < -0.4 is 11.5 Å². The number of anilines is 2. The molecule has 0 aliphatic rings. The van der Waals surface area contributed by atoms with Gasteiger partial charge in [-0.15, -0.1) is 0 Å². The molecule has 0 aliphatic heterocycles. The molecule has 0 saturated heterocycles. The number of hydrogen-bond donors (Lipinski definition) is 2. The third kappa shape index (κ3) is 0.914. The molecule has 12 heavy (non-hydrogen) atoms. The molecule has 5 heteroatoms. The predicted molar refractivity (Wildman–Crippen MR) is 46.2 cm³/mol. The van der Waals surface area contributed by atoms with Crippen molar-refractivity contribution in [1.82, 2.24) is 15.0 Å². The van der Waals surface area contributed by atoms with Gasteiger partial charge in [-0.3, -0.25) is 0 Å². The highest BCUT2D eigenvalue weighted by atomic mass is 14.9. The van der Waals surface area contributed by atoms with Gasteiger partial charge in [0.05, 0.1) is 11.7 Å². The lowest BCUT2D eigenvalue weighted by atomic mass is 10.3. The zero-order valence-electron chi connectivity index (χ0n) is 6.23. The summed E-state index contributed by atoms with van der Waals surface area (Å²) in [6, 6.07) is 1.66. The zero-order valence-corrected chi connectivity index (χ0v) is 6.23. The van der Waals surface area contributed by atoms with Gasteiger partial charge in [0.2, 0.25) is 0 Å². The first-order valence-electron chi connectivity index (χ1n) is 3.39. The van der Waals surface area contributed by atoms with Crippen molar-refractivity contribution >= 4 is 22.5 Å². The minimum Gasteiger partial charge on any atom is -0.384 e. The Hall–Kier alpha value is -1.91. The van der Waals surface area contributed by atoms with Gasteiger partial charge < -0.3 is 11.5 Å². The van der Waals surface area contributed by atoms with Crippen molar-refractivity contribution in [3.8, 4) is 0 Å². The second-order valence-electron chi connectivity index (χ2n) is 2.39. The number of pyridine rings is 1. The number of fused-ring (bicyclic) bond motifs is 1. The third-order valence-electron chi connectivity index (χ3n) is 1.57. The van der Waals surface area contributed by atoms with E-state index in [-0.39, 0.29) is 0 Å². The minimum absolute atomic E-state index is 0.420. The van der Waals surface area contributed by atoms with E-state index in [1.54, 1.807) is 12.3 Å². The summed E-state index contributed by atoms with van der Waals surface area (Å²) in [4.78, 5) is 11.7. The maximum absolute atomic E-state index is 5.59. The molecule has 0 fully saturated rings. The molecule has 4 N–H and O–H groups in total. The molecule has 60 valence electrons. The SMILES string of the molecule is Nc1cc2c(N)ncnc2cn1. The highest BCUT2D eigenvalue weighted by Gasteiger charge is 1.99. The molecule has 0 saturated carbocycles. The summed E-state index contributed by atoms with van der Waals surface area (Å²) >= 11 is 0. The number of nitrogens with zero attached hydrogens (tertiary/aromatic N) is 3. The molecule has 5 nitrogen and oxygen atoms in total. The molecule has 0 spiro atoms. The molecular weight excluding hydrogens is 154 g/mol. The van der Waals surface area contributed by atoms with Gasteiger partial charge in [-0.25, -0.2) is 15.0 Å². The summed E-state index contributed by atoms with van der Waals surface area (Å²) in [5.74, 6) is 0.845. The number of rotatable bonds is 0. The van der Waals surface area contributed by atoms with E-state index in [1.807, 2.05) is 0 Å². The lowest BCUT2D eigenvalue weighted by Crippen LogP contribution is -1.96. The Kier molecular flexibility index (Phi) is 1.30. The largest absolute Gasteiger partial charge is 0.384 e. The highest BCUT2D eigenvalue weighted by Crippen LogP contribution is 2.16. The number of nitrogen functional groups attached to an aromatic ring is 2. The monoisotopic (exact) mass is 161 g/mol. The van der Waals surface area contributed by atoms with E-state index in [4.69, 9.17) is 11.5 Å². The molecule has 0 radical (unpaired) electrons. The van der Waals surface area contributed by atoms with Crippen molar-refractivity contribution in [2.24, 2.45) is 0 Å². The molecule has 2 heterocycles. The van der Waals surface area contributed by atoms with Gasteiger partial charge in [0, 0.05) is 5.39 Å². The van der Waals surface area contributed by atoms with E-state index in [9.17, 15) is 0 Å². The minimum atomic E-state index is 0.420. The second kappa shape index (κ2) is 2.30. The normalized spacial score (nSPS) is 10.3. The van der Waals surface area contributed by atoms with Gasteiger partial charge >= 0.3 is 0 Å². The van der Waals surface area contributed by atoms with Gasteiger partial charge in [-0.2, -0.15) is 0 Å². The molecule has 2 rings (SSSR count). The topological polar surface area (TPSA) is 90.7 Å². The van der Waals surface area contributed by atoms with Crippen LogP contribution >= 0.6 is 0 Å².